The molecule has 1 saturated heterocycles. The number of rotatable bonds is 2. The normalized spacial score (nSPS) is 16.9. The number of hydrogen-bond acceptors (Lipinski definition) is 4. The van der Waals surface area contributed by atoms with Crippen molar-refractivity contribution in [3.63, 3.8) is 0 Å². The van der Waals surface area contributed by atoms with Crippen LogP contribution < -0.4 is 21.1 Å². The van der Waals surface area contributed by atoms with E-state index in [1.54, 1.807) is 4.90 Å². The molecule has 0 spiro atoms. The van der Waals surface area contributed by atoms with Crippen LogP contribution in [0.2, 0.25) is 0 Å². The SMILES string of the molecule is COC(=O)NNC(=O)N[C@@H]1CC(=O)N(c2ccc(C)c(C)c2)C1. The van der Waals surface area contributed by atoms with Gasteiger partial charge < -0.3 is 15.0 Å². The minimum absolute atomic E-state index is 0.0560. The topological polar surface area (TPSA) is 99.8 Å². The van der Waals surface area contributed by atoms with E-state index in [4.69, 9.17) is 0 Å². The summed E-state index contributed by atoms with van der Waals surface area (Å²) in [5, 5.41) is 2.63. The van der Waals surface area contributed by atoms with E-state index < -0.39 is 12.1 Å². The maximum atomic E-state index is 12.1. The molecule has 1 aliphatic rings. The van der Waals surface area contributed by atoms with Crippen LogP contribution in [0.3, 0.4) is 0 Å². The summed E-state index contributed by atoms with van der Waals surface area (Å²) in [7, 11) is 1.19. The average molecular weight is 320 g/mol. The molecule has 1 aromatic carbocycles. The van der Waals surface area contributed by atoms with Crippen molar-refractivity contribution in [1.29, 1.82) is 0 Å². The van der Waals surface area contributed by atoms with Crippen molar-refractivity contribution in [3.05, 3.63) is 29.3 Å². The van der Waals surface area contributed by atoms with Gasteiger partial charge in [0.1, 0.15) is 0 Å². The molecule has 1 aliphatic heterocycles. The van der Waals surface area contributed by atoms with E-state index in [0.717, 1.165) is 16.8 Å². The summed E-state index contributed by atoms with van der Waals surface area (Å²) in [5.41, 5.74) is 7.27. The van der Waals surface area contributed by atoms with E-state index in [0.29, 0.717) is 6.54 Å². The second kappa shape index (κ2) is 6.99. The quantitative estimate of drug-likeness (QED) is 0.707. The average Bonchev–Trinajstić information content (AvgIpc) is 2.88. The number of ether oxygens (including phenoxy) is 1. The van der Waals surface area contributed by atoms with E-state index in [-0.39, 0.29) is 18.4 Å². The van der Waals surface area contributed by atoms with Crippen molar-refractivity contribution < 1.29 is 19.1 Å². The first-order valence-electron chi connectivity index (χ1n) is 7.18. The molecule has 0 saturated carbocycles. The van der Waals surface area contributed by atoms with Crippen molar-refractivity contribution in [2.24, 2.45) is 0 Å². The molecule has 0 bridgehead atoms. The zero-order chi connectivity index (χ0) is 17.0. The van der Waals surface area contributed by atoms with Gasteiger partial charge in [-0.3, -0.25) is 4.79 Å². The molecule has 124 valence electrons. The second-order valence-electron chi connectivity index (χ2n) is 5.39. The lowest BCUT2D eigenvalue weighted by molar-refractivity contribution is -0.117. The maximum absolute atomic E-state index is 12.1. The molecule has 1 heterocycles. The van der Waals surface area contributed by atoms with Crippen molar-refractivity contribution in [1.82, 2.24) is 16.2 Å². The Kier molecular flexibility index (Phi) is 5.05. The van der Waals surface area contributed by atoms with Gasteiger partial charge in [-0.1, -0.05) is 6.07 Å². The van der Waals surface area contributed by atoms with Crippen LogP contribution in [-0.2, 0) is 9.53 Å². The lowest BCUT2D eigenvalue weighted by Crippen LogP contribution is -2.50. The summed E-state index contributed by atoms with van der Waals surface area (Å²) < 4.78 is 4.33. The third-order valence-corrected chi connectivity index (χ3v) is 3.73. The molecule has 1 aromatic rings. The zero-order valence-electron chi connectivity index (χ0n) is 13.3. The number of benzene rings is 1. The monoisotopic (exact) mass is 320 g/mol. The molecule has 0 aliphatic carbocycles. The van der Waals surface area contributed by atoms with Crippen LogP contribution in [0.1, 0.15) is 17.5 Å². The van der Waals surface area contributed by atoms with E-state index >= 15 is 0 Å². The summed E-state index contributed by atoms with van der Waals surface area (Å²) in [6, 6.07) is 4.88. The van der Waals surface area contributed by atoms with Crippen molar-refractivity contribution >= 4 is 23.7 Å². The smallest absolute Gasteiger partial charge is 0.425 e. The van der Waals surface area contributed by atoms with Gasteiger partial charge in [-0.25, -0.2) is 20.4 Å². The lowest BCUT2D eigenvalue weighted by atomic mass is 10.1. The van der Waals surface area contributed by atoms with Crippen LogP contribution in [0.4, 0.5) is 15.3 Å². The standard InChI is InChI=1S/C15H20N4O4/c1-9-4-5-12(6-10(9)2)19-8-11(7-13(19)20)16-14(21)17-18-15(22)23-3/h4-6,11H,7-8H2,1-3H3,(H,18,22)(H2,16,17,21)/t11-/m1/s1. The highest BCUT2D eigenvalue weighted by molar-refractivity contribution is 5.97. The van der Waals surface area contributed by atoms with Crippen LogP contribution in [0.15, 0.2) is 18.2 Å². The fourth-order valence-corrected chi connectivity index (χ4v) is 2.33. The first-order valence-corrected chi connectivity index (χ1v) is 7.18. The number of hydrogen-bond donors (Lipinski definition) is 3. The van der Waals surface area contributed by atoms with Gasteiger partial charge in [-0.15, -0.1) is 0 Å². The van der Waals surface area contributed by atoms with E-state index in [2.05, 4.69) is 20.9 Å². The maximum Gasteiger partial charge on any atom is 0.425 e. The number of methoxy groups -OCH3 is 1. The molecule has 1 atom stereocenters. The predicted molar refractivity (Wildman–Crippen MR) is 83.9 cm³/mol. The Labute approximate surface area is 134 Å². The molecular formula is C15H20N4O4. The number of anilines is 1. The van der Waals surface area contributed by atoms with Gasteiger partial charge in [0.25, 0.3) is 0 Å². The van der Waals surface area contributed by atoms with Gasteiger partial charge in [0.05, 0.1) is 13.2 Å². The number of nitrogens with zero attached hydrogens (tertiary/aromatic N) is 1. The van der Waals surface area contributed by atoms with Gasteiger partial charge >= 0.3 is 12.1 Å². The summed E-state index contributed by atoms with van der Waals surface area (Å²) in [6.07, 6.45) is -0.571. The van der Waals surface area contributed by atoms with E-state index in [1.165, 1.54) is 7.11 Å². The molecule has 8 nitrogen and oxygen atoms in total. The highest BCUT2D eigenvalue weighted by Crippen LogP contribution is 2.23. The number of carbonyl (C=O) groups excluding carboxylic acids is 3. The molecule has 0 radical (unpaired) electrons. The van der Waals surface area contributed by atoms with Crippen LogP contribution in [0.25, 0.3) is 0 Å². The molecule has 0 aromatic heterocycles. The van der Waals surface area contributed by atoms with Gasteiger partial charge in [0, 0.05) is 18.7 Å². The minimum atomic E-state index is -0.778. The third-order valence-electron chi connectivity index (χ3n) is 3.73. The second-order valence-corrected chi connectivity index (χ2v) is 5.39. The first kappa shape index (κ1) is 16.6. The molecule has 8 heteroatoms. The number of hydrazine groups is 1. The summed E-state index contributed by atoms with van der Waals surface area (Å²) >= 11 is 0. The Morgan fingerprint density at radius 2 is 1.96 bits per heavy atom. The number of aryl methyl sites for hydroxylation is 2. The molecule has 3 N–H and O–H groups in total. The molecule has 4 amide bonds. The Balaban J connectivity index is 1.93. The van der Waals surface area contributed by atoms with Gasteiger partial charge in [0.15, 0.2) is 0 Å². The van der Waals surface area contributed by atoms with Crippen LogP contribution in [0, 0.1) is 13.8 Å². The molecule has 23 heavy (non-hydrogen) atoms. The first-order chi connectivity index (χ1) is 10.9. The Morgan fingerprint density at radius 1 is 1.22 bits per heavy atom. The Hall–Kier alpha value is -2.77. The predicted octanol–water partition coefficient (Wildman–Crippen LogP) is 0.979. The fourth-order valence-electron chi connectivity index (χ4n) is 2.33. The molecule has 0 unspecified atom stereocenters. The zero-order valence-corrected chi connectivity index (χ0v) is 13.3. The van der Waals surface area contributed by atoms with Gasteiger partial charge in [0.2, 0.25) is 5.91 Å². The highest BCUT2D eigenvalue weighted by atomic mass is 16.5. The van der Waals surface area contributed by atoms with Crippen molar-refractivity contribution in [3.8, 4) is 0 Å². The summed E-state index contributed by atoms with van der Waals surface area (Å²) in [5.74, 6) is -0.0560. The van der Waals surface area contributed by atoms with Crippen molar-refractivity contribution in [2.75, 3.05) is 18.6 Å². The number of urea groups is 1. The number of amides is 4. The number of carbonyl (C=O) groups is 3. The van der Waals surface area contributed by atoms with Gasteiger partial charge in [-0.05, 0) is 37.1 Å². The molecule has 2 rings (SSSR count). The third kappa shape index (κ3) is 4.12. The molecule has 1 fully saturated rings. The summed E-state index contributed by atoms with van der Waals surface area (Å²) in [6.45, 7) is 4.38. The van der Waals surface area contributed by atoms with E-state index in [1.807, 2.05) is 32.0 Å². The highest BCUT2D eigenvalue weighted by Gasteiger charge is 2.31. The summed E-state index contributed by atoms with van der Waals surface area (Å²) in [4.78, 5) is 36.3. The largest absolute Gasteiger partial charge is 0.452 e. The van der Waals surface area contributed by atoms with Crippen LogP contribution in [-0.4, -0.2) is 37.7 Å². The molecular weight excluding hydrogens is 300 g/mol. The lowest BCUT2D eigenvalue weighted by Gasteiger charge is -2.18. The fraction of sp³-hybridized carbons (Fsp3) is 0.400. The Bertz CT molecular complexity index is 632. The van der Waals surface area contributed by atoms with Gasteiger partial charge in [-0.2, -0.15) is 0 Å². The van der Waals surface area contributed by atoms with E-state index in [9.17, 15) is 14.4 Å². The number of nitrogens with one attached hydrogen (secondary N) is 3. The van der Waals surface area contributed by atoms with Crippen molar-refractivity contribution in [2.45, 2.75) is 26.3 Å². The van der Waals surface area contributed by atoms with Crippen LogP contribution >= 0.6 is 0 Å². The Morgan fingerprint density at radius 3 is 2.61 bits per heavy atom. The minimum Gasteiger partial charge on any atom is -0.452 e. The van der Waals surface area contributed by atoms with Crippen LogP contribution in [0.5, 0.6) is 0 Å².